The number of rotatable bonds is 6. The first-order chi connectivity index (χ1) is 19.6. The van der Waals surface area contributed by atoms with E-state index in [0.717, 1.165) is 28.2 Å². The molecule has 2 aromatic carbocycles. The van der Waals surface area contributed by atoms with Crippen LogP contribution in [-0.4, -0.2) is 58.3 Å². The third-order valence-electron chi connectivity index (χ3n) is 6.16. The Kier molecular flexibility index (Phi) is 8.29. The molecule has 0 saturated carbocycles. The molecule has 1 atom stereocenters. The van der Waals surface area contributed by atoms with Crippen molar-refractivity contribution in [1.29, 1.82) is 0 Å². The molecule has 5 rings (SSSR count). The first kappa shape index (κ1) is 28.6. The molecule has 1 unspecified atom stereocenters. The highest BCUT2D eigenvalue weighted by atomic mass is 35.5. The van der Waals surface area contributed by atoms with E-state index in [2.05, 4.69) is 25.3 Å². The van der Waals surface area contributed by atoms with Gasteiger partial charge in [0.15, 0.2) is 5.17 Å². The number of aliphatic imine (C=N–C) groups is 1. The predicted octanol–water partition coefficient (Wildman–Crippen LogP) is 5.25. The Bertz CT molecular complexity index is 1590. The van der Waals surface area contributed by atoms with E-state index in [4.69, 9.17) is 11.6 Å². The van der Waals surface area contributed by atoms with E-state index in [1.165, 1.54) is 23.1 Å². The molecular weight excluding hydrogens is 583 g/mol. The molecule has 0 spiro atoms. The third-order valence-corrected chi connectivity index (χ3v) is 7.39. The average molecular weight is 604 g/mol. The van der Waals surface area contributed by atoms with E-state index in [1.54, 1.807) is 12.3 Å². The molecule has 3 aromatic rings. The van der Waals surface area contributed by atoms with Crippen molar-refractivity contribution in [1.82, 2.24) is 15.2 Å². The minimum Gasteiger partial charge on any atom is -0.430 e. The zero-order valence-corrected chi connectivity index (χ0v) is 22.6. The number of nitrogens with zero attached hydrogens (tertiary/aromatic N) is 3. The number of anilines is 1. The van der Waals surface area contributed by atoms with Gasteiger partial charge in [0.25, 0.3) is 11.8 Å². The predicted molar refractivity (Wildman–Crippen MR) is 149 cm³/mol. The fourth-order valence-corrected chi connectivity index (χ4v) is 5.24. The van der Waals surface area contributed by atoms with E-state index >= 15 is 0 Å². The zero-order valence-electron chi connectivity index (χ0n) is 21.1. The van der Waals surface area contributed by atoms with Crippen LogP contribution in [0.5, 0.6) is 0 Å². The Hall–Kier alpha value is -3.94. The monoisotopic (exact) mass is 603 g/mol. The first-order valence-corrected chi connectivity index (χ1v) is 13.5. The molecule has 14 heteroatoms. The summed E-state index contributed by atoms with van der Waals surface area (Å²) in [4.78, 5) is 47.4. The summed E-state index contributed by atoms with van der Waals surface area (Å²) < 4.78 is 43.0. The van der Waals surface area contributed by atoms with Crippen LogP contribution in [-0.2, 0) is 19.1 Å². The van der Waals surface area contributed by atoms with Crippen molar-refractivity contribution in [3.63, 3.8) is 0 Å². The van der Waals surface area contributed by atoms with Gasteiger partial charge in [0.2, 0.25) is 6.23 Å². The van der Waals surface area contributed by atoms with E-state index in [-0.39, 0.29) is 27.5 Å². The number of likely N-dealkylation sites (tertiary alicyclic amines) is 1. The molecule has 2 saturated heterocycles. The molecule has 212 valence electrons. The van der Waals surface area contributed by atoms with Crippen molar-refractivity contribution >= 4 is 74.7 Å². The van der Waals surface area contributed by atoms with Crippen LogP contribution in [0.1, 0.15) is 18.4 Å². The molecular formula is C27H21ClF3N5O4S. The van der Waals surface area contributed by atoms with Gasteiger partial charge in [-0.3, -0.25) is 19.5 Å². The van der Waals surface area contributed by atoms with Gasteiger partial charge in [0, 0.05) is 30.4 Å². The molecule has 3 heterocycles. The maximum absolute atomic E-state index is 12.9. The van der Waals surface area contributed by atoms with Crippen LogP contribution in [0.4, 0.5) is 24.5 Å². The standard InChI is InChI=1S/C27H21ClF3N5O4S/c28-18-7-6-17(33-23(38)24(36-10-1-2-11-36)40-25(39)27(29,30)31)14-20(18)34-26-35-22(37)21(41-26)13-15-5-8-19-16(12-15)4-3-9-32-19/h3-9,12-14,24H,1-2,10-11H2,(H,33,38)(H,34,35,37). The quantitative estimate of drug-likeness (QED) is 0.292. The second-order valence-electron chi connectivity index (χ2n) is 9.09. The van der Waals surface area contributed by atoms with Gasteiger partial charge in [-0.15, -0.1) is 0 Å². The molecule has 2 aliphatic heterocycles. The summed E-state index contributed by atoms with van der Waals surface area (Å²) in [7, 11) is 0. The normalized spacial score (nSPS) is 18.6. The van der Waals surface area contributed by atoms with Crippen LogP contribution in [0, 0.1) is 0 Å². The fraction of sp³-hybridized carbons (Fsp3) is 0.222. The summed E-state index contributed by atoms with van der Waals surface area (Å²) in [5.41, 5.74) is 1.97. The van der Waals surface area contributed by atoms with Crippen LogP contribution in [0.15, 0.2) is 64.6 Å². The summed E-state index contributed by atoms with van der Waals surface area (Å²) in [5.74, 6) is -3.77. The first-order valence-electron chi connectivity index (χ1n) is 12.3. The topological polar surface area (TPSA) is 113 Å². The summed E-state index contributed by atoms with van der Waals surface area (Å²) in [6.07, 6.45) is -2.30. The van der Waals surface area contributed by atoms with Crippen molar-refractivity contribution in [3.8, 4) is 0 Å². The number of aromatic nitrogens is 1. The highest BCUT2D eigenvalue weighted by molar-refractivity contribution is 8.18. The van der Waals surface area contributed by atoms with Gasteiger partial charge < -0.3 is 15.4 Å². The lowest BCUT2D eigenvalue weighted by Crippen LogP contribution is -2.47. The molecule has 9 nitrogen and oxygen atoms in total. The fourth-order valence-electron chi connectivity index (χ4n) is 4.24. The van der Waals surface area contributed by atoms with Crippen LogP contribution in [0.3, 0.4) is 0 Å². The lowest BCUT2D eigenvalue weighted by atomic mass is 10.1. The van der Waals surface area contributed by atoms with Gasteiger partial charge in [-0.25, -0.2) is 9.79 Å². The number of hydrogen-bond acceptors (Lipinski definition) is 8. The molecule has 2 aliphatic rings. The van der Waals surface area contributed by atoms with Crippen molar-refractivity contribution in [3.05, 3.63) is 70.2 Å². The second-order valence-corrected chi connectivity index (χ2v) is 10.5. The van der Waals surface area contributed by atoms with Gasteiger partial charge in [-0.2, -0.15) is 13.2 Å². The summed E-state index contributed by atoms with van der Waals surface area (Å²) in [6, 6.07) is 13.6. The van der Waals surface area contributed by atoms with Gasteiger partial charge in [-0.05, 0) is 72.6 Å². The molecule has 2 amide bonds. The maximum atomic E-state index is 12.9. The Labute approximate surface area is 240 Å². The van der Waals surface area contributed by atoms with E-state index in [9.17, 15) is 27.6 Å². The smallest absolute Gasteiger partial charge is 0.430 e. The largest absolute Gasteiger partial charge is 0.490 e. The van der Waals surface area contributed by atoms with Gasteiger partial charge in [0.05, 0.1) is 21.1 Å². The van der Waals surface area contributed by atoms with E-state index in [0.29, 0.717) is 30.8 Å². The molecule has 0 bridgehead atoms. The van der Waals surface area contributed by atoms with Gasteiger partial charge in [0.1, 0.15) is 0 Å². The number of thioether (sulfide) groups is 1. The number of ether oxygens (including phenoxy) is 1. The molecule has 0 radical (unpaired) electrons. The second kappa shape index (κ2) is 11.9. The summed E-state index contributed by atoms with van der Waals surface area (Å²) in [5, 5.41) is 6.49. The average Bonchev–Trinajstić information content (AvgIpc) is 3.58. The minimum atomic E-state index is -5.25. The highest BCUT2D eigenvalue weighted by Crippen LogP contribution is 2.33. The van der Waals surface area contributed by atoms with E-state index < -0.39 is 24.3 Å². The Morgan fingerprint density at radius 3 is 2.71 bits per heavy atom. The number of halogens is 4. The Balaban J connectivity index is 1.32. The number of amides is 2. The van der Waals surface area contributed by atoms with Crippen LogP contribution in [0.2, 0.25) is 5.02 Å². The van der Waals surface area contributed by atoms with E-state index in [1.807, 2.05) is 30.3 Å². The maximum Gasteiger partial charge on any atom is 0.490 e. The van der Waals surface area contributed by atoms with Crippen LogP contribution >= 0.6 is 23.4 Å². The molecule has 0 aliphatic carbocycles. The van der Waals surface area contributed by atoms with Crippen molar-refractivity contribution in [2.75, 3.05) is 18.4 Å². The highest BCUT2D eigenvalue weighted by Gasteiger charge is 2.45. The summed E-state index contributed by atoms with van der Waals surface area (Å²) in [6.45, 7) is 0.594. The number of carbonyl (C=O) groups is 3. The van der Waals surface area contributed by atoms with Crippen molar-refractivity contribution < 1.29 is 32.3 Å². The number of esters is 1. The third kappa shape index (κ3) is 6.87. The summed E-state index contributed by atoms with van der Waals surface area (Å²) >= 11 is 7.38. The zero-order chi connectivity index (χ0) is 29.1. The molecule has 41 heavy (non-hydrogen) atoms. The number of nitrogens with one attached hydrogen (secondary N) is 2. The van der Waals surface area contributed by atoms with Crippen LogP contribution < -0.4 is 10.6 Å². The molecule has 1 aromatic heterocycles. The minimum absolute atomic E-state index is 0.154. The number of alkyl halides is 3. The number of fused-ring (bicyclic) bond motifs is 1. The lowest BCUT2D eigenvalue weighted by molar-refractivity contribution is -0.211. The number of benzene rings is 2. The lowest BCUT2D eigenvalue weighted by Gasteiger charge is -2.26. The SMILES string of the molecule is O=C1NC(=Nc2cc(NC(=O)C(OC(=O)C(F)(F)F)N3CCCC3)ccc2Cl)SC1=Cc1ccc2ncccc2c1. The Morgan fingerprint density at radius 1 is 1.17 bits per heavy atom. The number of amidine groups is 1. The molecule has 2 N–H and O–H groups in total. The van der Waals surface area contributed by atoms with Crippen molar-refractivity contribution in [2.24, 2.45) is 4.99 Å². The van der Waals surface area contributed by atoms with Gasteiger partial charge >= 0.3 is 12.1 Å². The molecule has 2 fully saturated rings. The number of hydrogen-bond donors (Lipinski definition) is 2. The van der Waals surface area contributed by atoms with Crippen molar-refractivity contribution in [2.45, 2.75) is 25.2 Å². The van der Waals surface area contributed by atoms with Crippen LogP contribution in [0.25, 0.3) is 17.0 Å². The van der Waals surface area contributed by atoms with Gasteiger partial charge in [-0.1, -0.05) is 23.7 Å². The number of pyridine rings is 1. The number of carbonyl (C=O) groups excluding carboxylic acids is 3. The Morgan fingerprint density at radius 2 is 1.95 bits per heavy atom.